The fraction of sp³-hybridized carbons (Fsp3) is 0.519. The molecule has 3 aliphatic heterocycles. The highest BCUT2D eigenvalue weighted by Gasteiger charge is 2.45. The Bertz CT molecular complexity index is 1520. The van der Waals surface area contributed by atoms with Gasteiger partial charge in [0.15, 0.2) is 6.61 Å². The molecule has 42 heavy (non-hydrogen) atoms. The Labute approximate surface area is 245 Å². The van der Waals surface area contributed by atoms with E-state index in [9.17, 15) is 26.7 Å². The Balaban J connectivity index is 1.09. The van der Waals surface area contributed by atoms with Crippen LogP contribution in [0.15, 0.2) is 52.3 Å². The summed E-state index contributed by atoms with van der Waals surface area (Å²) < 4.78 is 71.0. The average molecular weight is 625 g/mol. The van der Waals surface area contributed by atoms with E-state index in [1.807, 2.05) is 0 Å². The lowest BCUT2D eigenvalue weighted by Crippen LogP contribution is -2.47. The molecule has 0 aliphatic carbocycles. The monoisotopic (exact) mass is 624 g/mol. The number of nitrogens with zero attached hydrogens (tertiary/aromatic N) is 2. The molecule has 1 unspecified atom stereocenters. The number of aliphatic hydroxyl groups is 1. The van der Waals surface area contributed by atoms with Crippen molar-refractivity contribution < 1.29 is 40.9 Å². The normalized spacial score (nSPS) is 21.5. The summed E-state index contributed by atoms with van der Waals surface area (Å²) in [5, 5.41) is 16.4. The van der Waals surface area contributed by atoms with Crippen LogP contribution in [0.25, 0.3) is 0 Å². The first-order chi connectivity index (χ1) is 19.9. The predicted octanol–water partition coefficient (Wildman–Crippen LogP) is 0.610. The summed E-state index contributed by atoms with van der Waals surface area (Å²) in [6.45, 7) is 1.16. The lowest BCUT2D eigenvalue weighted by molar-refractivity contribution is -0.118. The molecular weight excluding hydrogens is 588 g/mol. The topological polar surface area (TPSA) is 164 Å². The Morgan fingerprint density at radius 2 is 1.90 bits per heavy atom. The number of rotatable bonds is 10. The van der Waals surface area contributed by atoms with Gasteiger partial charge in [0.05, 0.1) is 27.7 Å². The second kappa shape index (κ2) is 12.1. The number of carbonyl (C=O) groups excluding carboxylic acids is 1. The third-order valence-electron chi connectivity index (χ3n) is 7.73. The first-order valence-corrected chi connectivity index (χ1v) is 16.5. The Morgan fingerprint density at radius 3 is 2.64 bits per heavy atom. The van der Waals surface area contributed by atoms with Gasteiger partial charge in [-0.05, 0) is 49.6 Å². The van der Waals surface area contributed by atoms with E-state index in [0.717, 1.165) is 4.31 Å². The summed E-state index contributed by atoms with van der Waals surface area (Å²) in [6.07, 6.45) is 0.913. The average Bonchev–Trinajstić information content (AvgIpc) is 3.36. The van der Waals surface area contributed by atoms with Crippen molar-refractivity contribution in [2.24, 2.45) is 0 Å². The summed E-state index contributed by atoms with van der Waals surface area (Å²) >= 11 is 0. The number of ether oxygens (including phenoxy) is 3. The molecule has 2 atom stereocenters. The standard InChI is InChI=1S/C27H36N4O9S2/c1-30(2)41(34,35)22-5-3-4-21(12-22)38-17-20(32)15-28-19-14-27(40-16-19)8-10-31(11-9-27)42(36,37)23-6-7-25-24(13-23)29-26(33)18-39-25/h3-7,12-13,19-20,28,32H,8-11,14-18H2,1-2H3,(H,29,33)/t19?,20-/m0/s1. The zero-order chi connectivity index (χ0) is 30.1. The van der Waals surface area contributed by atoms with Crippen LogP contribution in [-0.4, -0.2) is 108 Å². The number of nitrogens with one attached hydrogen (secondary N) is 2. The van der Waals surface area contributed by atoms with Crippen LogP contribution in [0.2, 0.25) is 0 Å². The van der Waals surface area contributed by atoms with E-state index in [2.05, 4.69) is 10.6 Å². The van der Waals surface area contributed by atoms with Crippen LogP contribution in [-0.2, 0) is 29.6 Å². The molecule has 0 bridgehead atoms. The molecule has 2 aromatic carbocycles. The number of amides is 1. The maximum Gasteiger partial charge on any atom is 0.262 e. The van der Waals surface area contributed by atoms with Crippen LogP contribution >= 0.6 is 0 Å². The Hall–Kier alpha value is -2.79. The lowest BCUT2D eigenvalue weighted by atomic mass is 9.88. The third kappa shape index (κ3) is 6.56. The molecule has 5 rings (SSSR count). The maximum atomic E-state index is 13.3. The van der Waals surface area contributed by atoms with Crippen molar-refractivity contribution in [3.05, 3.63) is 42.5 Å². The zero-order valence-corrected chi connectivity index (χ0v) is 25.1. The number of anilines is 1. The van der Waals surface area contributed by atoms with Crippen molar-refractivity contribution in [1.82, 2.24) is 13.9 Å². The van der Waals surface area contributed by atoms with Gasteiger partial charge in [0.1, 0.15) is 24.2 Å². The number of piperidine rings is 1. The van der Waals surface area contributed by atoms with Crippen LogP contribution < -0.4 is 20.1 Å². The fourth-order valence-electron chi connectivity index (χ4n) is 5.32. The van der Waals surface area contributed by atoms with E-state index in [1.54, 1.807) is 18.2 Å². The first kappa shape index (κ1) is 30.7. The predicted molar refractivity (Wildman–Crippen MR) is 152 cm³/mol. The molecule has 230 valence electrons. The quantitative estimate of drug-likeness (QED) is 0.341. The second-order valence-electron chi connectivity index (χ2n) is 10.9. The third-order valence-corrected chi connectivity index (χ3v) is 11.4. The van der Waals surface area contributed by atoms with Crippen molar-refractivity contribution in [3.63, 3.8) is 0 Å². The number of fused-ring (bicyclic) bond motifs is 1. The molecule has 0 saturated carbocycles. The van der Waals surface area contributed by atoms with Gasteiger partial charge in [-0.15, -0.1) is 0 Å². The zero-order valence-electron chi connectivity index (χ0n) is 23.5. The molecule has 3 aliphatic rings. The first-order valence-electron chi connectivity index (χ1n) is 13.7. The van der Waals surface area contributed by atoms with Crippen LogP contribution in [0.1, 0.15) is 19.3 Å². The minimum atomic E-state index is -3.77. The molecule has 1 amide bonds. The van der Waals surface area contributed by atoms with E-state index < -0.39 is 31.8 Å². The van der Waals surface area contributed by atoms with Crippen LogP contribution in [0.5, 0.6) is 11.5 Å². The molecule has 0 radical (unpaired) electrons. The van der Waals surface area contributed by atoms with E-state index in [0.29, 0.717) is 56.1 Å². The van der Waals surface area contributed by atoms with Gasteiger partial charge in [-0.3, -0.25) is 4.79 Å². The smallest absolute Gasteiger partial charge is 0.262 e. The molecule has 15 heteroatoms. The molecule has 2 fully saturated rings. The van der Waals surface area contributed by atoms with E-state index >= 15 is 0 Å². The SMILES string of the molecule is CN(C)S(=O)(=O)c1cccc(OC[C@@H](O)CNC2COC3(CCN(S(=O)(=O)c4ccc5c(c4)NC(=O)CO5)CC3)C2)c1. The van der Waals surface area contributed by atoms with Gasteiger partial charge in [0, 0.05) is 45.8 Å². The molecule has 1 spiro atoms. The molecule has 3 N–H and O–H groups in total. The molecular formula is C27H36N4O9S2. The molecule has 0 aromatic heterocycles. The highest BCUT2D eigenvalue weighted by Crippen LogP contribution is 2.38. The van der Waals surface area contributed by atoms with Crippen LogP contribution in [0.3, 0.4) is 0 Å². The van der Waals surface area contributed by atoms with Gasteiger partial charge in [-0.1, -0.05) is 6.07 Å². The van der Waals surface area contributed by atoms with Gasteiger partial charge < -0.3 is 30.0 Å². The minimum absolute atomic E-state index is 0.0133. The van der Waals surface area contributed by atoms with Gasteiger partial charge in [0.25, 0.3) is 5.91 Å². The maximum absolute atomic E-state index is 13.3. The number of aliphatic hydroxyl groups excluding tert-OH is 1. The minimum Gasteiger partial charge on any atom is -0.491 e. The number of sulfonamides is 2. The number of benzene rings is 2. The van der Waals surface area contributed by atoms with Crippen molar-refractivity contribution in [1.29, 1.82) is 0 Å². The van der Waals surface area contributed by atoms with Crippen molar-refractivity contribution in [2.75, 3.05) is 58.9 Å². The lowest BCUT2D eigenvalue weighted by Gasteiger charge is -2.38. The molecule has 3 heterocycles. The van der Waals surface area contributed by atoms with Gasteiger partial charge in [-0.25, -0.2) is 21.1 Å². The highest BCUT2D eigenvalue weighted by molar-refractivity contribution is 7.89. The Morgan fingerprint density at radius 1 is 1.14 bits per heavy atom. The van der Waals surface area contributed by atoms with Crippen LogP contribution in [0, 0.1) is 0 Å². The fourth-order valence-corrected chi connectivity index (χ4v) is 7.72. The summed E-state index contributed by atoms with van der Waals surface area (Å²) in [4.78, 5) is 11.8. The molecule has 13 nitrogen and oxygen atoms in total. The van der Waals surface area contributed by atoms with Crippen molar-refractivity contribution in [3.8, 4) is 11.5 Å². The second-order valence-corrected chi connectivity index (χ2v) is 15.0. The number of hydrogen-bond acceptors (Lipinski definition) is 10. The van der Waals surface area contributed by atoms with Crippen molar-refractivity contribution >= 4 is 31.6 Å². The molecule has 2 aromatic rings. The summed E-state index contributed by atoms with van der Waals surface area (Å²) in [7, 11) is -4.45. The number of hydrogen-bond donors (Lipinski definition) is 3. The highest BCUT2D eigenvalue weighted by atomic mass is 32.2. The number of carbonyl (C=O) groups is 1. The largest absolute Gasteiger partial charge is 0.491 e. The van der Waals surface area contributed by atoms with Crippen molar-refractivity contribution in [2.45, 2.75) is 46.8 Å². The van der Waals surface area contributed by atoms with Gasteiger partial charge in [-0.2, -0.15) is 4.31 Å². The van der Waals surface area contributed by atoms with E-state index in [-0.39, 0.29) is 41.5 Å². The van der Waals surface area contributed by atoms with Gasteiger partial charge in [0.2, 0.25) is 20.0 Å². The summed E-state index contributed by atoms with van der Waals surface area (Å²) in [6, 6.07) is 10.6. The summed E-state index contributed by atoms with van der Waals surface area (Å²) in [5.74, 6) is 0.447. The Kier molecular flexibility index (Phi) is 8.81. The van der Waals surface area contributed by atoms with E-state index in [4.69, 9.17) is 14.2 Å². The van der Waals surface area contributed by atoms with E-state index in [1.165, 1.54) is 42.7 Å². The van der Waals surface area contributed by atoms with Crippen LogP contribution in [0.4, 0.5) is 5.69 Å². The molecule has 2 saturated heterocycles. The van der Waals surface area contributed by atoms with Gasteiger partial charge >= 0.3 is 0 Å². The summed E-state index contributed by atoms with van der Waals surface area (Å²) in [5.41, 5.74) is -0.103.